The third kappa shape index (κ3) is 17.8. The molecule has 0 rings (SSSR count). The molecular formula is C20H41NO8P+. The highest BCUT2D eigenvalue weighted by Crippen LogP contribution is 2.43. The molecule has 0 spiro atoms. The molecule has 178 valence electrons. The zero-order chi connectivity index (χ0) is 23.0. The van der Waals surface area contributed by atoms with Crippen LogP contribution in [0.15, 0.2) is 0 Å². The van der Waals surface area contributed by atoms with Crippen LogP contribution in [0.4, 0.5) is 0 Å². The van der Waals surface area contributed by atoms with E-state index >= 15 is 0 Å². The van der Waals surface area contributed by atoms with Crippen molar-refractivity contribution >= 4 is 19.8 Å². The first kappa shape index (κ1) is 29.0. The molecule has 0 heterocycles. The van der Waals surface area contributed by atoms with Gasteiger partial charge in [-0.05, 0) is 12.8 Å². The summed E-state index contributed by atoms with van der Waals surface area (Å²) in [6, 6.07) is 0. The predicted octanol–water partition coefficient (Wildman–Crippen LogP) is 3.44. The predicted molar refractivity (Wildman–Crippen MR) is 114 cm³/mol. The van der Waals surface area contributed by atoms with E-state index in [0.29, 0.717) is 17.4 Å². The van der Waals surface area contributed by atoms with Crippen LogP contribution in [0.5, 0.6) is 0 Å². The van der Waals surface area contributed by atoms with Gasteiger partial charge in [-0.1, -0.05) is 39.5 Å². The summed E-state index contributed by atoms with van der Waals surface area (Å²) in [6.07, 6.45) is 5.14. The van der Waals surface area contributed by atoms with Crippen molar-refractivity contribution in [3.63, 3.8) is 0 Å². The molecule has 30 heavy (non-hydrogen) atoms. The lowest BCUT2D eigenvalue weighted by molar-refractivity contribution is -0.870. The smallest absolute Gasteiger partial charge is 0.462 e. The third-order valence-corrected chi connectivity index (χ3v) is 5.09. The van der Waals surface area contributed by atoms with Gasteiger partial charge in [0.2, 0.25) is 0 Å². The van der Waals surface area contributed by atoms with Gasteiger partial charge < -0.3 is 18.9 Å². The van der Waals surface area contributed by atoms with E-state index in [2.05, 4.69) is 6.92 Å². The van der Waals surface area contributed by atoms with E-state index in [-0.39, 0.29) is 26.1 Å². The minimum absolute atomic E-state index is 0.0323. The van der Waals surface area contributed by atoms with Crippen LogP contribution < -0.4 is 0 Å². The van der Waals surface area contributed by atoms with Gasteiger partial charge >= 0.3 is 19.8 Å². The highest BCUT2D eigenvalue weighted by atomic mass is 31.2. The molecule has 0 aromatic heterocycles. The van der Waals surface area contributed by atoms with Crippen LogP contribution in [0.1, 0.15) is 65.2 Å². The Labute approximate surface area is 181 Å². The molecule has 0 fully saturated rings. The molecular weight excluding hydrogens is 413 g/mol. The quantitative estimate of drug-likeness (QED) is 0.145. The van der Waals surface area contributed by atoms with E-state index < -0.39 is 32.5 Å². The first-order valence-electron chi connectivity index (χ1n) is 10.8. The van der Waals surface area contributed by atoms with Gasteiger partial charge in [0.05, 0.1) is 27.7 Å². The molecule has 1 N–H and O–H groups in total. The highest BCUT2D eigenvalue weighted by Gasteiger charge is 2.26. The van der Waals surface area contributed by atoms with E-state index in [0.717, 1.165) is 32.1 Å². The van der Waals surface area contributed by atoms with Crippen molar-refractivity contribution in [2.45, 2.75) is 71.3 Å². The van der Waals surface area contributed by atoms with E-state index in [9.17, 15) is 19.0 Å². The number of ether oxygens (including phenoxy) is 2. The molecule has 0 aliphatic heterocycles. The number of nitrogens with zero attached hydrogens (tertiary/aromatic N) is 1. The van der Waals surface area contributed by atoms with Gasteiger partial charge in [0, 0.05) is 12.8 Å². The van der Waals surface area contributed by atoms with Crippen molar-refractivity contribution in [3.8, 4) is 0 Å². The summed E-state index contributed by atoms with van der Waals surface area (Å²) in [4.78, 5) is 33.5. The fourth-order valence-electron chi connectivity index (χ4n) is 2.34. The maximum Gasteiger partial charge on any atom is 0.472 e. The average molecular weight is 455 g/mol. The second kappa shape index (κ2) is 15.8. The van der Waals surface area contributed by atoms with Crippen molar-refractivity contribution in [1.82, 2.24) is 0 Å². The Morgan fingerprint density at radius 3 is 2.17 bits per heavy atom. The molecule has 0 aromatic rings. The third-order valence-electron chi connectivity index (χ3n) is 4.11. The summed E-state index contributed by atoms with van der Waals surface area (Å²) in [5.74, 6) is -0.880. The Bertz CT molecular complexity index is 535. The zero-order valence-electron chi connectivity index (χ0n) is 19.3. The number of carbonyl (C=O) groups is 2. The normalized spacial score (nSPS) is 14.7. The lowest BCUT2D eigenvalue weighted by Crippen LogP contribution is -2.37. The van der Waals surface area contributed by atoms with E-state index in [1.165, 1.54) is 0 Å². The topological polar surface area (TPSA) is 108 Å². The van der Waals surface area contributed by atoms with E-state index in [1.54, 1.807) is 0 Å². The summed E-state index contributed by atoms with van der Waals surface area (Å²) in [5, 5.41) is 0. The lowest BCUT2D eigenvalue weighted by atomic mass is 10.1. The summed E-state index contributed by atoms with van der Waals surface area (Å²) < 4.78 is 32.9. The monoisotopic (exact) mass is 454 g/mol. The van der Waals surface area contributed by atoms with Crippen LogP contribution in [0.3, 0.4) is 0 Å². The van der Waals surface area contributed by atoms with Crippen LogP contribution in [-0.2, 0) is 32.7 Å². The Morgan fingerprint density at radius 1 is 0.900 bits per heavy atom. The first-order chi connectivity index (χ1) is 14.0. The fourth-order valence-corrected chi connectivity index (χ4v) is 3.08. The van der Waals surface area contributed by atoms with Crippen molar-refractivity contribution in [2.75, 3.05) is 47.5 Å². The number of likely N-dealkylation sites (N-methyl/N-ethyl adjacent to an activating group) is 1. The molecule has 2 atom stereocenters. The molecule has 0 aliphatic rings. The summed E-state index contributed by atoms with van der Waals surface area (Å²) >= 11 is 0. The van der Waals surface area contributed by atoms with Crippen LogP contribution >= 0.6 is 7.82 Å². The Hall–Kier alpha value is -0.990. The second-order valence-corrected chi connectivity index (χ2v) is 9.77. The highest BCUT2D eigenvalue weighted by molar-refractivity contribution is 7.47. The molecule has 0 saturated heterocycles. The van der Waals surface area contributed by atoms with Gasteiger partial charge in [-0.25, -0.2) is 4.57 Å². The van der Waals surface area contributed by atoms with Crippen LogP contribution in [0.2, 0.25) is 0 Å². The second-order valence-electron chi connectivity index (χ2n) is 8.32. The van der Waals surface area contributed by atoms with Gasteiger partial charge in [-0.3, -0.25) is 18.6 Å². The zero-order valence-corrected chi connectivity index (χ0v) is 20.2. The maximum atomic E-state index is 12.0. The number of phosphoric acid groups is 1. The van der Waals surface area contributed by atoms with Crippen molar-refractivity contribution < 1.29 is 42.1 Å². The summed E-state index contributed by atoms with van der Waals surface area (Å²) in [7, 11) is 1.46. The van der Waals surface area contributed by atoms with Crippen LogP contribution in [-0.4, -0.2) is 74.9 Å². The molecule has 9 nitrogen and oxygen atoms in total. The number of unbranched alkanes of at least 4 members (excludes halogenated alkanes) is 4. The Balaban J connectivity index is 4.50. The van der Waals surface area contributed by atoms with Crippen molar-refractivity contribution in [1.29, 1.82) is 0 Å². The molecule has 1 unspecified atom stereocenters. The lowest BCUT2D eigenvalue weighted by Gasteiger charge is -2.24. The van der Waals surface area contributed by atoms with Gasteiger partial charge in [-0.15, -0.1) is 0 Å². The number of phosphoric ester groups is 1. The molecule has 0 saturated carbocycles. The van der Waals surface area contributed by atoms with E-state index in [4.69, 9.17) is 18.5 Å². The molecule has 0 aromatic carbocycles. The van der Waals surface area contributed by atoms with Gasteiger partial charge in [0.25, 0.3) is 0 Å². The first-order valence-corrected chi connectivity index (χ1v) is 12.3. The number of rotatable bonds is 18. The van der Waals surface area contributed by atoms with Crippen molar-refractivity contribution in [3.05, 3.63) is 0 Å². The van der Waals surface area contributed by atoms with Crippen LogP contribution in [0, 0.1) is 0 Å². The number of quaternary nitrogens is 1. The summed E-state index contributed by atoms with van der Waals surface area (Å²) in [6.45, 7) is 3.86. The minimum Gasteiger partial charge on any atom is -0.462 e. The molecule has 10 heteroatoms. The maximum absolute atomic E-state index is 12.0. The molecule has 0 amide bonds. The number of carbonyl (C=O) groups excluding carboxylic acids is 2. The Kier molecular flexibility index (Phi) is 15.2. The number of hydrogen-bond acceptors (Lipinski definition) is 7. The SMILES string of the molecule is CCCCCCCC(=O)OC[C@H](COP(=O)(O)OCC[N+](C)(C)C)OC(=O)CCC. The number of esters is 2. The van der Waals surface area contributed by atoms with Gasteiger partial charge in [-0.2, -0.15) is 0 Å². The standard InChI is InChI=1S/C20H40NO8P/c1-6-8-9-10-11-13-19(22)26-16-18(29-20(23)12-7-2)17-28-30(24,25)27-15-14-21(3,4)5/h18H,6-17H2,1-5H3/p+1/t18-/m1/s1. The van der Waals surface area contributed by atoms with Crippen molar-refractivity contribution in [2.24, 2.45) is 0 Å². The van der Waals surface area contributed by atoms with Crippen LogP contribution in [0.25, 0.3) is 0 Å². The summed E-state index contributed by atoms with van der Waals surface area (Å²) in [5.41, 5.74) is 0. The number of hydrogen-bond donors (Lipinski definition) is 1. The molecule has 0 bridgehead atoms. The molecule has 0 radical (unpaired) electrons. The average Bonchev–Trinajstić information content (AvgIpc) is 2.62. The largest absolute Gasteiger partial charge is 0.472 e. The van der Waals surface area contributed by atoms with Gasteiger partial charge in [0.1, 0.15) is 19.8 Å². The minimum atomic E-state index is -4.31. The van der Waals surface area contributed by atoms with E-state index in [1.807, 2.05) is 28.1 Å². The fraction of sp³-hybridized carbons (Fsp3) is 0.900. The Morgan fingerprint density at radius 2 is 1.57 bits per heavy atom. The van der Waals surface area contributed by atoms with Gasteiger partial charge in [0.15, 0.2) is 6.10 Å². The molecule has 0 aliphatic carbocycles.